The largest absolute Gasteiger partial charge is 0.306 e. The molecule has 0 aliphatic carbocycles. The average Bonchev–Trinajstić information content (AvgIpc) is 3.21. The highest BCUT2D eigenvalue weighted by Gasteiger charge is 2.69. The van der Waals surface area contributed by atoms with Crippen molar-refractivity contribution in [1.82, 2.24) is 10.6 Å². The van der Waals surface area contributed by atoms with Crippen molar-refractivity contribution in [2.75, 3.05) is 23.5 Å². The van der Waals surface area contributed by atoms with Crippen LogP contribution in [0.2, 0.25) is 0 Å². The highest BCUT2D eigenvalue weighted by atomic mass is 32.2. The van der Waals surface area contributed by atoms with Crippen molar-refractivity contribution in [3.8, 4) is 0 Å². The molecule has 4 atom stereocenters. The maximum Gasteiger partial charge on any atom is 0.253 e. The van der Waals surface area contributed by atoms with Crippen LogP contribution in [-0.4, -0.2) is 42.3 Å². The minimum Gasteiger partial charge on any atom is -0.306 e. The molecule has 3 aliphatic heterocycles. The first-order chi connectivity index (χ1) is 12.6. The Morgan fingerprint density at radius 1 is 1.27 bits per heavy atom. The van der Waals surface area contributed by atoms with Gasteiger partial charge in [-0.2, -0.15) is 11.8 Å². The summed E-state index contributed by atoms with van der Waals surface area (Å²) in [6, 6.07) is 7.30. The van der Waals surface area contributed by atoms with Gasteiger partial charge < -0.3 is 4.90 Å². The molecular formula is C19H21N3O3S. The molecule has 2 N–H and O–H groups in total. The van der Waals surface area contributed by atoms with Crippen LogP contribution in [-0.2, 0) is 19.9 Å². The monoisotopic (exact) mass is 371 g/mol. The number of para-hydroxylation sites is 1. The molecule has 1 aromatic carbocycles. The molecule has 0 saturated carbocycles. The summed E-state index contributed by atoms with van der Waals surface area (Å²) in [5.74, 6) is -1.19. The second-order valence-electron chi connectivity index (χ2n) is 6.92. The van der Waals surface area contributed by atoms with Crippen molar-refractivity contribution >= 4 is 35.2 Å². The Hall–Kier alpha value is -2.12. The number of hydrogen-bond acceptors (Lipinski definition) is 5. The summed E-state index contributed by atoms with van der Waals surface area (Å²) in [6.45, 7) is 4.11. The molecule has 4 rings (SSSR count). The molecule has 3 amide bonds. The number of benzene rings is 1. The maximum atomic E-state index is 13.5. The molecule has 3 heterocycles. The number of imide groups is 1. The van der Waals surface area contributed by atoms with E-state index < -0.39 is 17.4 Å². The SMILES string of the molecule is C=CCN1C(=O)C2(NC(CCSC)C3C(=O)NC(=O)C32)c2ccccc21. The number of amides is 3. The van der Waals surface area contributed by atoms with Crippen molar-refractivity contribution in [2.45, 2.75) is 18.0 Å². The van der Waals surface area contributed by atoms with Crippen LogP contribution in [0.15, 0.2) is 36.9 Å². The zero-order chi connectivity index (χ0) is 18.5. The molecule has 6 nitrogen and oxygen atoms in total. The van der Waals surface area contributed by atoms with Gasteiger partial charge in [-0.25, -0.2) is 0 Å². The van der Waals surface area contributed by atoms with E-state index in [-0.39, 0.29) is 23.8 Å². The molecule has 2 saturated heterocycles. The van der Waals surface area contributed by atoms with E-state index in [1.165, 1.54) is 0 Å². The Kier molecular flexibility index (Phi) is 4.16. The summed E-state index contributed by atoms with van der Waals surface area (Å²) in [7, 11) is 0. The maximum absolute atomic E-state index is 13.5. The molecule has 7 heteroatoms. The van der Waals surface area contributed by atoms with Crippen molar-refractivity contribution in [3.63, 3.8) is 0 Å². The predicted octanol–water partition coefficient (Wildman–Crippen LogP) is 1.03. The van der Waals surface area contributed by atoms with E-state index in [1.807, 2.05) is 30.5 Å². The Morgan fingerprint density at radius 3 is 2.77 bits per heavy atom. The first kappa shape index (κ1) is 17.3. The summed E-state index contributed by atoms with van der Waals surface area (Å²) < 4.78 is 0. The lowest BCUT2D eigenvalue weighted by molar-refractivity contribution is -0.133. The van der Waals surface area contributed by atoms with Gasteiger partial charge in [0.2, 0.25) is 11.8 Å². The van der Waals surface area contributed by atoms with Gasteiger partial charge in [-0.1, -0.05) is 24.3 Å². The lowest BCUT2D eigenvalue weighted by Gasteiger charge is -2.29. The van der Waals surface area contributed by atoms with E-state index in [0.29, 0.717) is 6.54 Å². The number of anilines is 1. The number of hydrogen-bond donors (Lipinski definition) is 2. The summed E-state index contributed by atoms with van der Waals surface area (Å²) in [5.41, 5.74) is 0.378. The fourth-order valence-corrected chi connectivity index (χ4v) is 5.17. The quantitative estimate of drug-likeness (QED) is 0.597. The summed E-state index contributed by atoms with van der Waals surface area (Å²) in [5, 5.41) is 5.90. The van der Waals surface area contributed by atoms with Gasteiger partial charge in [-0.15, -0.1) is 6.58 Å². The molecule has 136 valence electrons. The second kappa shape index (κ2) is 6.25. The molecule has 3 aliphatic rings. The first-order valence-electron chi connectivity index (χ1n) is 8.70. The van der Waals surface area contributed by atoms with Crippen LogP contribution in [0.25, 0.3) is 0 Å². The van der Waals surface area contributed by atoms with Crippen molar-refractivity contribution < 1.29 is 14.4 Å². The second-order valence-corrected chi connectivity index (χ2v) is 7.90. The topological polar surface area (TPSA) is 78.5 Å². The highest BCUT2D eigenvalue weighted by Crippen LogP contribution is 2.53. The predicted molar refractivity (Wildman–Crippen MR) is 101 cm³/mol. The van der Waals surface area contributed by atoms with Gasteiger partial charge in [0.05, 0.1) is 11.8 Å². The van der Waals surface area contributed by atoms with Crippen LogP contribution in [0.1, 0.15) is 12.0 Å². The molecule has 1 aromatic rings. The van der Waals surface area contributed by atoms with Crippen molar-refractivity contribution in [2.24, 2.45) is 11.8 Å². The molecule has 1 spiro atoms. The standard InChI is InChI=1S/C19H21N3O3S/c1-3-9-22-13-7-5-4-6-11(13)19(18(22)25)15-14(16(23)20-17(15)24)12(21-19)8-10-26-2/h3-7,12,14-15,21H,1,8-10H2,2H3,(H,20,23,24). The van der Waals surface area contributed by atoms with Gasteiger partial charge >= 0.3 is 0 Å². The number of nitrogens with zero attached hydrogens (tertiary/aromatic N) is 1. The summed E-state index contributed by atoms with van der Waals surface area (Å²) in [6.07, 6.45) is 4.40. The fraction of sp³-hybridized carbons (Fsp3) is 0.421. The molecule has 26 heavy (non-hydrogen) atoms. The minimum atomic E-state index is -1.18. The Labute approximate surface area is 156 Å². The minimum absolute atomic E-state index is 0.176. The summed E-state index contributed by atoms with van der Waals surface area (Å²) in [4.78, 5) is 40.3. The zero-order valence-corrected chi connectivity index (χ0v) is 15.3. The van der Waals surface area contributed by atoms with E-state index in [1.54, 1.807) is 22.7 Å². The number of rotatable bonds is 5. The third kappa shape index (κ3) is 2.13. The van der Waals surface area contributed by atoms with Crippen LogP contribution in [0.5, 0.6) is 0 Å². The van der Waals surface area contributed by atoms with Crippen LogP contribution in [0.3, 0.4) is 0 Å². The molecular weight excluding hydrogens is 350 g/mol. The third-order valence-electron chi connectivity index (χ3n) is 5.65. The third-order valence-corrected chi connectivity index (χ3v) is 6.29. The van der Waals surface area contributed by atoms with Gasteiger partial charge in [-0.3, -0.25) is 25.0 Å². The average molecular weight is 371 g/mol. The Morgan fingerprint density at radius 2 is 2.04 bits per heavy atom. The van der Waals surface area contributed by atoms with Gasteiger partial charge in [0.1, 0.15) is 5.54 Å². The van der Waals surface area contributed by atoms with E-state index in [9.17, 15) is 14.4 Å². The van der Waals surface area contributed by atoms with Crippen LogP contribution in [0, 0.1) is 11.8 Å². The molecule has 0 aromatic heterocycles. The van der Waals surface area contributed by atoms with E-state index in [4.69, 9.17) is 0 Å². The van der Waals surface area contributed by atoms with Crippen LogP contribution >= 0.6 is 11.8 Å². The van der Waals surface area contributed by atoms with Gasteiger partial charge in [0.15, 0.2) is 0 Å². The first-order valence-corrected chi connectivity index (χ1v) is 10.1. The number of thioether (sulfide) groups is 1. The number of carbonyl (C=O) groups is 3. The van der Waals surface area contributed by atoms with Gasteiger partial charge in [-0.05, 0) is 24.5 Å². The van der Waals surface area contributed by atoms with Crippen LogP contribution in [0.4, 0.5) is 5.69 Å². The molecule has 2 fully saturated rings. The van der Waals surface area contributed by atoms with Gasteiger partial charge in [0.25, 0.3) is 5.91 Å². The lowest BCUT2D eigenvalue weighted by Crippen LogP contribution is -2.54. The van der Waals surface area contributed by atoms with E-state index in [2.05, 4.69) is 17.2 Å². The number of fused-ring (bicyclic) bond motifs is 4. The van der Waals surface area contributed by atoms with Crippen LogP contribution < -0.4 is 15.5 Å². The van der Waals surface area contributed by atoms with Crippen molar-refractivity contribution in [3.05, 3.63) is 42.5 Å². The molecule has 0 radical (unpaired) electrons. The van der Waals surface area contributed by atoms with Crippen molar-refractivity contribution in [1.29, 1.82) is 0 Å². The van der Waals surface area contributed by atoms with Gasteiger partial charge in [0, 0.05) is 23.8 Å². The molecule has 4 unspecified atom stereocenters. The summed E-state index contributed by atoms with van der Waals surface area (Å²) >= 11 is 1.69. The normalized spacial score (nSPS) is 32.1. The van der Waals surface area contributed by atoms with E-state index in [0.717, 1.165) is 23.4 Å². The Balaban J connectivity index is 1.86. The Bertz CT molecular complexity index is 811. The zero-order valence-electron chi connectivity index (χ0n) is 14.5. The highest BCUT2D eigenvalue weighted by molar-refractivity contribution is 7.98. The van der Waals surface area contributed by atoms with E-state index >= 15 is 0 Å². The number of nitrogens with one attached hydrogen (secondary N) is 2. The fourth-order valence-electron chi connectivity index (χ4n) is 4.68. The smallest absolute Gasteiger partial charge is 0.253 e. The molecule has 0 bridgehead atoms. The lowest BCUT2D eigenvalue weighted by atomic mass is 9.76. The number of carbonyl (C=O) groups excluding carboxylic acids is 3.